The highest BCUT2D eigenvalue weighted by Gasteiger charge is 2.33. The van der Waals surface area contributed by atoms with Gasteiger partial charge < -0.3 is 5.32 Å². The largest absolute Gasteiger partial charge is 0.311 e. The number of aryl methyl sites for hydroxylation is 2. The van der Waals surface area contributed by atoms with Crippen molar-refractivity contribution in [2.24, 2.45) is 13.0 Å². The lowest BCUT2D eigenvalue weighted by atomic mass is 10.1. The van der Waals surface area contributed by atoms with Gasteiger partial charge in [-0.3, -0.25) is 4.68 Å². The molecular weight excluding hydrogens is 174 g/mol. The van der Waals surface area contributed by atoms with Crippen LogP contribution in [-0.4, -0.2) is 16.8 Å². The smallest absolute Gasteiger partial charge is 0.0625 e. The second kappa shape index (κ2) is 3.73. The molecule has 0 aromatic carbocycles. The van der Waals surface area contributed by atoms with Crippen LogP contribution in [0.15, 0.2) is 6.07 Å². The third kappa shape index (κ3) is 1.69. The van der Waals surface area contributed by atoms with Crippen molar-refractivity contribution in [1.29, 1.82) is 0 Å². The molecule has 78 valence electrons. The number of hydrogen-bond acceptors (Lipinski definition) is 2. The van der Waals surface area contributed by atoms with E-state index >= 15 is 0 Å². The first-order valence-electron chi connectivity index (χ1n) is 5.46. The zero-order chi connectivity index (χ0) is 10.1. The summed E-state index contributed by atoms with van der Waals surface area (Å²) in [6.07, 6.45) is 3.74. The van der Waals surface area contributed by atoms with Crippen LogP contribution in [-0.2, 0) is 13.5 Å². The minimum atomic E-state index is 0.507. The molecule has 14 heavy (non-hydrogen) atoms. The first kappa shape index (κ1) is 9.71. The quantitative estimate of drug-likeness (QED) is 0.788. The van der Waals surface area contributed by atoms with Crippen LogP contribution in [0.1, 0.15) is 37.2 Å². The Kier molecular flexibility index (Phi) is 2.59. The van der Waals surface area contributed by atoms with Crippen molar-refractivity contribution in [3.63, 3.8) is 0 Å². The molecule has 0 radical (unpaired) electrons. The zero-order valence-electron chi connectivity index (χ0n) is 9.25. The molecule has 0 amide bonds. The molecule has 1 aliphatic carbocycles. The van der Waals surface area contributed by atoms with Crippen LogP contribution in [0, 0.1) is 5.92 Å². The number of aromatic nitrogens is 2. The summed E-state index contributed by atoms with van der Waals surface area (Å²) in [7, 11) is 4.09. The van der Waals surface area contributed by atoms with Crippen molar-refractivity contribution in [3.8, 4) is 0 Å². The lowest BCUT2D eigenvalue weighted by Crippen LogP contribution is -2.21. The summed E-state index contributed by atoms with van der Waals surface area (Å²) in [6, 6.07) is 2.74. The number of hydrogen-bond donors (Lipinski definition) is 1. The van der Waals surface area contributed by atoms with E-state index in [1.807, 2.05) is 18.8 Å². The molecule has 1 heterocycles. The van der Waals surface area contributed by atoms with Gasteiger partial charge in [-0.1, -0.05) is 6.92 Å². The maximum atomic E-state index is 4.48. The van der Waals surface area contributed by atoms with Gasteiger partial charge in [-0.2, -0.15) is 5.10 Å². The molecule has 3 nitrogen and oxygen atoms in total. The van der Waals surface area contributed by atoms with Gasteiger partial charge in [0.25, 0.3) is 0 Å². The lowest BCUT2D eigenvalue weighted by molar-refractivity contribution is 0.488. The van der Waals surface area contributed by atoms with Crippen LogP contribution in [0.25, 0.3) is 0 Å². The van der Waals surface area contributed by atoms with Gasteiger partial charge in [0.1, 0.15) is 0 Å². The molecule has 1 unspecified atom stereocenters. The average Bonchev–Trinajstić information content (AvgIpc) is 2.93. The van der Waals surface area contributed by atoms with Crippen molar-refractivity contribution < 1.29 is 0 Å². The first-order chi connectivity index (χ1) is 6.76. The summed E-state index contributed by atoms with van der Waals surface area (Å²) in [4.78, 5) is 0. The summed E-state index contributed by atoms with van der Waals surface area (Å²) >= 11 is 0. The van der Waals surface area contributed by atoms with Crippen LogP contribution in [0.5, 0.6) is 0 Å². The Hall–Kier alpha value is -0.830. The first-order valence-corrected chi connectivity index (χ1v) is 5.46. The molecule has 1 atom stereocenters. The molecule has 1 N–H and O–H groups in total. The minimum Gasteiger partial charge on any atom is -0.311 e. The third-order valence-corrected chi connectivity index (χ3v) is 3.05. The fourth-order valence-corrected chi connectivity index (χ4v) is 2.06. The van der Waals surface area contributed by atoms with Gasteiger partial charge >= 0.3 is 0 Å². The van der Waals surface area contributed by atoms with Gasteiger partial charge in [0.2, 0.25) is 0 Å². The van der Waals surface area contributed by atoms with E-state index in [0.29, 0.717) is 6.04 Å². The lowest BCUT2D eigenvalue weighted by Gasteiger charge is -2.14. The Balaban J connectivity index is 2.23. The van der Waals surface area contributed by atoms with E-state index in [2.05, 4.69) is 23.4 Å². The number of nitrogens with zero attached hydrogens (tertiary/aromatic N) is 2. The summed E-state index contributed by atoms with van der Waals surface area (Å²) < 4.78 is 2.03. The molecule has 1 fully saturated rings. The maximum absolute atomic E-state index is 4.48. The Morgan fingerprint density at radius 2 is 2.36 bits per heavy atom. The van der Waals surface area contributed by atoms with Crippen LogP contribution in [0.2, 0.25) is 0 Å². The van der Waals surface area contributed by atoms with Crippen molar-refractivity contribution >= 4 is 0 Å². The summed E-state index contributed by atoms with van der Waals surface area (Å²) in [5.41, 5.74) is 2.54. The normalized spacial score (nSPS) is 18.5. The van der Waals surface area contributed by atoms with Gasteiger partial charge in [0, 0.05) is 7.05 Å². The molecule has 0 aliphatic heterocycles. The fourth-order valence-electron chi connectivity index (χ4n) is 2.06. The maximum Gasteiger partial charge on any atom is 0.0625 e. The van der Waals surface area contributed by atoms with Crippen molar-refractivity contribution in [2.75, 3.05) is 7.05 Å². The van der Waals surface area contributed by atoms with E-state index in [9.17, 15) is 0 Å². The van der Waals surface area contributed by atoms with Crippen molar-refractivity contribution in [1.82, 2.24) is 15.1 Å². The molecule has 0 spiro atoms. The summed E-state index contributed by atoms with van der Waals surface area (Å²) in [5, 5.41) is 7.88. The van der Waals surface area contributed by atoms with Crippen LogP contribution in [0.3, 0.4) is 0 Å². The van der Waals surface area contributed by atoms with E-state index < -0.39 is 0 Å². The predicted molar refractivity (Wildman–Crippen MR) is 57.1 cm³/mol. The van der Waals surface area contributed by atoms with Crippen molar-refractivity contribution in [2.45, 2.75) is 32.2 Å². The summed E-state index contributed by atoms with van der Waals surface area (Å²) in [5.74, 6) is 0.833. The Morgan fingerprint density at radius 3 is 2.79 bits per heavy atom. The molecule has 1 aromatic heterocycles. The highest BCUT2D eigenvalue weighted by molar-refractivity contribution is 5.16. The van der Waals surface area contributed by atoms with Gasteiger partial charge in [-0.25, -0.2) is 0 Å². The Bertz CT molecular complexity index is 312. The standard InChI is InChI=1S/C11H19N3/c1-4-9-7-10(14(3)13-9)11(12-2)8-5-6-8/h7-8,11-12H,4-6H2,1-3H3. The van der Waals surface area contributed by atoms with Gasteiger partial charge in [-0.15, -0.1) is 0 Å². The summed E-state index contributed by atoms with van der Waals surface area (Å²) in [6.45, 7) is 2.15. The van der Waals surface area contributed by atoms with Gasteiger partial charge in [0.15, 0.2) is 0 Å². The van der Waals surface area contributed by atoms with Crippen LogP contribution < -0.4 is 5.32 Å². The van der Waals surface area contributed by atoms with E-state index in [-0.39, 0.29) is 0 Å². The minimum absolute atomic E-state index is 0.507. The van der Waals surface area contributed by atoms with E-state index in [0.717, 1.165) is 12.3 Å². The van der Waals surface area contributed by atoms with E-state index in [1.165, 1.54) is 24.2 Å². The third-order valence-electron chi connectivity index (χ3n) is 3.05. The number of rotatable bonds is 4. The molecule has 1 aromatic rings. The SMILES string of the molecule is CCc1cc(C(NC)C2CC2)n(C)n1. The topological polar surface area (TPSA) is 29.9 Å². The van der Waals surface area contributed by atoms with E-state index in [4.69, 9.17) is 0 Å². The van der Waals surface area contributed by atoms with Gasteiger partial charge in [0.05, 0.1) is 17.4 Å². The van der Waals surface area contributed by atoms with Crippen LogP contribution in [0.4, 0.5) is 0 Å². The molecule has 1 saturated carbocycles. The van der Waals surface area contributed by atoms with E-state index in [1.54, 1.807) is 0 Å². The highest BCUT2D eigenvalue weighted by atomic mass is 15.3. The van der Waals surface area contributed by atoms with Crippen molar-refractivity contribution in [3.05, 3.63) is 17.5 Å². The highest BCUT2D eigenvalue weighted by Crippen LogP contribution is 2.40. The molecule has 3 heteroatoms. The van der Waals surface area contributed by atoms with Crippen LogP contribution >= 0.6 is 0 Å². The zero-order valence-corrected chi connectivity index (χ0v) is 9.25. The second-order valence-corrected chi connectivity index (χ2v) is 4.14. The Morgan fingerprint density at radius 1 is 1.64 bits per heavy atom. The predicted octanol–water partition coefficient (Wildman–Crippen LogP) is 1.65. The molecular formula is C11H19N3. The second-order valence-electron chi connectivity index (χ2n) is 4.14. The monoisotopic (exact) mass is 193 g/mol. The Labute approximate surface area is 85.5 Å². The molecule has 1 aliphatic rings. The molecule has 2 rings (SSSR count). The molecule has 0 saturated heterocycles. The van der Waals surface area contributed by atoms with Gasteiger partial charge in [-0.05, 0) is 38.3 Å². The average molecular weight is 193 g/mol. The fraction of sp³-hybridized carbons (Fsp3) is 0.727. The molecule has 0 bridgehead atoms. The number of nitrogens with one attached hydrogen (secondary N) is 1.